The van der Waals surface area contributed by atoms with Crippen LogP contribution in [-0.4, -0.2) is 9.78 Å². The maximum Gasteiger partial charge on any atom is 0.0762 e. The third-order valence-electron chi connectivity index (χ3n) is 3.56. The Labute approximate surface area is 129 Å². The molecule has 0 atom stereocenters. The second-order valence-electron chi connectivity index (χ2n) is 4.95. The molecule has 0 spiro atoms. The van der Waals surface area contributed by atoms with E-state index in [1.165, 1.54) is 5.56 Å². The van der Waals surface area contributed by atoms with Gasteiger partial charge in [-0.3, -0.25) is 4.68 Å². The first-order chi connectivity index (χ1) is 9.74. The molecule has 0 amide bonds. The van der Waals surface area contributed by atoms with E-state index in [1.807, 2.05) is 6.07 Å². The van der Waals surface area contributed by atoms with Crippen molar-refractivity contribution in [2.24, 2.45) is 0 Å². The minimum absolute atomic E-state index is 0.520. The minimum atomic E-state index is 0.520. The van der Waals surface area contributed by atoms with E-state index < -0.39 is 0 Å². The van der Waals surface area contributed by atoms with Gasteiger partial charge in [-0.25, -0.2) is 0 Å². The topological polar surface area (TPSA) is 29.9 Å². The molecule has 20 heavy (non-hydrogen) atoms. The highest BCUT2D eigenvalue weighted by molar-refractivity contribution is 9.10. The normalized spacial score (nSPS) is 11.2. The molecule has 1 aromatic carbocycles. The molecule has 0 aliphatic heterocycles. The predicted molar refractivity (Wildman–Crippen MR) is 86.5 cm³/mol. The first kappa shape index (κ1) is 15.3. The van der Waals surface area contributed by atoms with Crippen molar-refractivity contribution in [1.82, 2.24) is 15.1 Å². The molecular formula is C16H22BrN3. The van der Waals surface area contributed by atoms with Crippen LogP contribution in [0.1, 0.15) is 44.0 Å². The summed E-state index contributed by atoms with van der Waals surface area (Å²) in [7, 11) is 0. The fourth-order valence-corrected chi connectivity index (χ4v) is 2.73. The van der Waals surface area contributed by atoms with Crippen molar-refractivity contribution < 1.29 is 0 Å². The molecule has 0 bridgehead atoms. The molecule has 3 nitrogen and oxygen atoms in total. The van der Waals surface area contributed by atoms with Gasteiger partial charge in [0.25, 0.3) is 0 Å². The Hall–Kier alpha value is -1.13. The van der Waals surface area contributed by atoms with Gasteiger partial charge in [0.05, 0.1) is 11.7 Å². The van der Waals surface area contributed by atoms with Crippen molar-refractivity contribution in [3.63, 3.8) is 0 Å². The lowest BCUT2D eigenvalue weighted by Gasteiger charge is -2.12. The molecule has 0 unspecified atom stereocenters. The van der Waals surface area contributed by atoms with Crippen LogP contribution in [0.5, 0.6) is 0 Å². The summed E-state index contributed by atoms with van der Waals surface area (Å²) >= 11 is 3.56. The van der Waals surface area contributed by atoms with Gasteiger partial charge in [0, 0.05) is 23.8 Å². The van der Waals surface area contributed by atoms with Crippen LogP contribution in [0.25, 0.3) is 0 Å². The molecule has 0 saturated carbocycles. The van der Waals surface area contributed by atoms with Gasteiger partial charge in [-0.2, -0.15) is 5.10 Å². The van der Waals surface area contributed by atoms with Crippen LogP contribution < -0.4 is 5.32 Å². The first-order valence-electron chi connectivity index (χ1n) is 7.22. The molecule has 2 aromatic rings. The van der Waals surface area contributed by atoms with Crippen LogP contribution >= 0.6 is 15.9 Å². The summed E-state index contributed by atoms with van der Waals surface area (Å²) in [5, 5.41) is 8.09. The quantitative estimate of drug-likeness (QED) is 0.817. The standard InChI is InChI=1S/C16H22BrN3/c1-3-15(4-2)20-10-9-14(19-20)12-18-11-13-7-5-6-8-16(13)17/h5-10,15,18H,3-4,11-12H2,1-2H3. The van der Waals surface area contributed by atoms with Crippen LogP contribution in [0.3, 0.4) is 0 Å². The molecule has 0 aliphatic rings. The van der Waals surface area contributed by atoms with Crippen molar-refractivity contribution in [3.8, 4) is 0 Å². The molecular weight excluding hydrogens is 314 g/mol. The van der Waals surface area contributed by atoms with Crippen LogP contribution in [-0.2, 0) is 13.1 Å². The van der Waals surface area contributed by atoms with Crippen LogP contribution in [0.4, 0.5) is 0 Å². The highest BCUT2D eigenvalue weighted by Gasteiger charge is 2.07. The minimum Gasteiger partial charge on any atom is -0.307 e. The lowest BCUT2D eigenvalue weighted by atomic mass is 10.2. The summed E-state index contributed by atoms with van der Waals surface area (Å²) in [4.78, 5) is 0. The van der Waals surface area contributed by atoms with E-state index in [0.717, 1.165) is 36.1 Å². The summed E-state index contributed by atoms with van der Waals surface area (Å²) in [5.41, 5.74) is 2.37. The fraction of sp³-hybridized carbons (Fsp3) is 0.438. The molecule has 0 fully saturated rings. The smallest absolute Gasteiger partial charge is 0.0762 e. The third-order valence-corrected chi connectivity index (χ3v) is 4.33. The summed E-state index contributed by atoms with van der Waals surface area (Å²) in [6.07, 6.45) is 4.34. The lowest BCUT2D eigenvalue weighted by Crippen LogP contribution is -2.14. The average molecular weight is 336 g/mol. The van der Waals surface area contributed by atoms with Gasteiger partial charge in [0.2, 0.25) is 0 Å². The third kappa shape index (κ3) is 3.93. The number of nitrogens with zero attached hydrogens (tertiary/aromatic N) is 2. The number of hydrogen-bond acceptors (Lipinski definition) is 2. The van der Waals surface area contributed by atoms with E-state index in [-0.39, 0.29) is 0 Å². The van der Waals surface area contributed by atoms with Crippen molar-refractivity contribution in [1.29, 1.82) is 0 Å². The molecule has 108 valence electrons. The van der Waals surface area contributed by atoms with Gasteiger partial charge in [-0.1, -0.05) is 48.0 Å². The molecule has 0 saturated heterocycles. The van der Waals surface area contributed by atoms with E-state index >= 15 is 0 Å². The van der Waals surface area contributed by atoms with Crippen molar-refractivity contribution >= 4 is 15.9 Å². The van der Waals surface area contributed by atoms with E-state index in [0.29, 0.717) is 6.04 Å². The molecule has 2 rings (SSSR count). The Bertz CT molecular complexity index is 532. The zero-order chi connectivity index (χ0) is 14.4. The van der Waals surface area contributed by atoms with E-state index in [9.17, 15) is 0 Å². The number of nitrogens with one attached hydrogen (secondary N) is 1. The van der Waals surface area contributed by atoms with E-state index in [4.69, 9.17) is 0 Å². The lowest BCUT2D eigenvalue weighted by molar-refractivity contribution is 0.424. The zero-order valence-corrected chi connectivity index (χ0v) is 13.7. The van der Waals surface area contributed by atoms with Crippen molar-refractivity contribution in [2.75, 3.05) is 0 Å². The van der Waals surface area contributed by atoms with Crippen molar-refractivity contribution in [2.45, 2.75) is 45.8 Å². The largest absolute Gasteiger partial charge is 0.307 e. The van der Waals surface area contributed by atoms with Crippen LogP contribution in [0.2, 0.25) is 0 Å². The van der Waals surface area contributed by atoms with Gasteiger partial charge in [-0.15, -0.1) is 0 Å². The predicted octanol–water partition coefficient (Wildman–Crippen LogP) is 4.30. The number of rotatable bonds is 7. The Morgan fingerprint density at radius 2 is 1.90 bits per heavy atom. The Balaban J connectivity index is 1.87. The summed E-state index contributed by atoms with van der Waals surface area (Å²) in [6.45, 7) is 6.06. The Morgan fingerprint density at radius 3 is 2.60 bits per heavy atom. The van der Waals surface area contributed by atoms with Crippen LogP contribution in [0, 0.1) is 0 Å². The fourth-order valence-electron chi connectivity index (χ4n) is 2.30. The highest BCUT2D eigenvalue weighted by Crippen LogP contribution is 2.16. The number of halogens is 1. The van der Waals surface area contributed by atoms with Gasteiger partial charge in [0.15, 0.2) is 0 Å². The number of benzene rings is 1. The Morgan fingerprint density at radius 1 is 1.15 bits per heavy atom. The average Bonchev–Trinajstić information content (AvgIpc) is 2.91. The SMILES string of the molecule is CCC(CC)n1ccc(CNCc2ccccc2Br)n1. The second kappa shape index (κ2) is 7.60. The summed E-state index contributed by atoms with van der Waals surface area (Å²) in [6, 6.07) is 10.9. The molecule has 1 aromatic heterocycles. The second-order valence-corrected chi connectivity index (χ2v) is 5.81. The molecule has 0 aliphatic carbocycles. The summed E-state index contributed by atoms with van der Waals surface area (Å²) < 4.78 is 3.24. The molecule has 1 N–H and O–H groups in total. The van der Waals surface area contributed by atoms with Gasteiger partial charge < -0.3 is 5.32 Å². The molecule has 1 heterocycles. The van der Waals surface area contributed by atoms with Crippen LogP contribution in [0.15, 0.2) is 41.0 Å². The molecule has 0 radical (unpaired) electrons. The summed E-state index contributed by atoms with van der Waals surface area (Å²) in [5.74, 6) is 0. The highest BCUT2D eigenvalue weighted by atomic mass is 79.9. The maximum atomic E-state index is 4.65. The maximum absolute atomic E-state index is 4.65. The van der Waals surface area contributed by atoms with Gasteiger partial charge >= 0.3 is 0 Å². The number of hydrogen-bond donors (Lipinski definition) is 1. The molecule has 4 heteroatoms. The number of aromatic nitrogens is 2. The van der Waals surface area contributed by atoms with Gasteiger partial charge in [-0.05, 0) is 30.5 Å². The first-order valence-corrected chi connectivity index (χ1v) is 8.02. The van der Waals surface area contributed by atoms with Crippen molar-refractivity contribution in [3.05, 3.63) is 52.3 Å². The zero-order valence-electron chi connectivity index (χ0n) is 12.1. The Kier molecular flexibility index (Phi) is 5.80. The van der Waals surface area contributed by atoms with Gasteiger partial charge in [0.1, 0.15) is 0 Å². The monoisotopic (exact) mass is 335 g/mol. The van der Waals surface area contributed by atoms with E-state index in [2.05, 4.69) is 75.3 Å². The van der Waals surface area contributed by atoms with E-state index in [1.54, 1.807) is 0 Å².